The Bertz CT molecular complexity index is 1100. The second-order valence-corrected chi connectivity index (χ2v) is 5.01. The van der Waals surface area contributed by atoms with Crippen molar-refractivity contribution in [3.8, 4) is 0 Å². The van der Waals surface area contributed by atoms with Gasteiger partial charge in [-0.15, -0.1) is 0 Å². The first-order valence-electron chi connectivity index (χ1n) is 6.63. The van der Waals surface area contributed by atoms with Crippen molar-refractivity contribution in [2.75, 3.05) is 0 Å². The number of rotatable bonds is 0. The molecule has 2 heterocycles. The van der Waals surface area contributed by atoms with Crippen LogP contribution in [0.3, 0.4) is 0 Å². The van der Waals surface area contributed by atoms with E-state index in [1.54, 1.807) is 0 Å². The second-order valence-electron chi connectivity index (χ2n) is 5.01. The summed E-state index contributed by atoms with van der Waals surface area (Å²) in [7, 11) is 0. The lowest BCUT2D eigenvalue weighted by Crippen LogP contribution is -1.68. The van der Waals surface area contributed by atoms with Crippen LogP contribution in [-0.4, -0.2) is 0 Å². The molecular formula is C18H10O2. The molecule has 5 aromatic rings. The normalized spacial score (nSPS) is 12.0. The first kappa shape index (κ1) is 10.1. The maximum atomic E-state index is 6.07. The largest absolute Gasteiger partial charge is 0.456 e. The summed E-state index contributed by atoms with van der Waals surface area (Å²) in [6, 6.07) is 20.3. The number of fused-ring (bicyclic) bond motifs is 7. The van der Waals surface area contributed by atoms with Crippen molar-refractivity contribution < 1.29 is 8.83 Å². The molecule has 0 atom stereocenters. The van der Waals surface area contributed by atoms with Gasteiger partial charge >= 0.3 is 0 Å². The van der Waals surface area contributed by atoms with Crippen molar-refractivity contribution in [1.29, 1.82) is 0 Å². The highest BCUT2D eigenvalue weighted by atomic mass is 16.3. The molecule has 0 aliphatic rings. The Morgan fingerprint density at radius 2 is 1.20 bits per heavy atom. The average Bonchev–Trinajstić information content (AvgIpc) is 3.04. The Morgan fingerprint density at radius 1 is 0.500 bits per heavy atom. The number of hydrogen-bond acceptors (Lipinski definition) is 2. The Morgan fingerprint density at radius 3 is 2.05 bits per heavy atom. The van der Waals surface area contributed by atoms with E-state index in [1.807, 2.05) is 42.5 Å². The van der Waals surface area contributed by atoms with Gasteiger partial charge in [-0.1, -0.05) is 36.4 Å². The molecule has 0 fully saturated rings. The molecule has 2 nitrogen and oxygen atoms in total. The van der Waals surface area contributed by atoms with Crippen molar-refractivity contribution in [1.82, 2.24) is 0 Å². The minimum absolute atomic E-state index is 0.873. The lowest BCUT2D eigenvalue weighted by Gasteiger charge is -1.91. The third-order valence-corrected chi connectivity index (χ3v) is 3.89. The average molecular weight is 258 g/mol. The van der Waals surface area contributed by atoms with E-state index in [0.29, 0.717) is 0 Å². The van der Waals surface area contributed by atoms with Crippen LogP contribution in [0, 0.1) is 0 Å². The Balaban J connectivity index is 2.14. The molecule has 2 aromatic heterocycles. The highest BCUT2D eigenvalue weighted by molar-refractivity contribution is 6.21. The topological polar surface area (TPSA) is 26.3 Å². The third kappa shape index (κ3) is 1.14. The Hall–Kier alpha value is -2.74. The summed E-state index contributed by atoms with van der Waals surface area (Å²) in [4.78, 5) is 0. The zero-order valence-electron chi connectivity index (χ0n) is 10.6. The molecule has 20 heavy (non-hydrogen) atoms. The van der Waals surface area contributed by atoms with Crippen LogP contribution in [0.1, 0.15) is 0 Å². The van der Waals surface area contributed by atoms with Gasteiger partial charge in [-0.05, 0) is 24.3 Å². The zero-order valence-corrected chi connectivity index (χ0v) is 10.6. The molecule has 0 spiro atoms. The fourth-order valence-corrected chi connectivity index (χ4v) is 2.99. The number of hydrogen-bond donors (Lipinski definition) is 0. The summed E-state index contributed by atoms with van der Waals surface area (Å²) < 4.78 is 12.0. The van der Waals surface area contributed by atoms with Crippen LogP contribution in [-0.2, 0) is 0 Å². The van der Waals surface area contributed by atoms with Crippen molar-refractivity contribution >= 4 is 43.9 Å². The van der Waals surface area contributed by atoms with Crippen molar-refractivity contribution in [3.05, 3.63) is 60.7 Å². The van der Waals surface area contributed by atoms with Gasteiger partial charge in [0, 0.05) is 16.2 Å². The maximum absolute atomic E-state index is 6.07. The molecule has 0 bridgehead atoms. The molecule has 3 aromatic carbocycles. The molecule has 0 aliphatic heterocycles. The SMILES string of the molecule is c1ccc2c(c1)oc1c2ccc2oc3ccccc3c21. The van der Waals surface area contributed by atoms with E-state index < -0.39 is 0 Å². The van der Waals surface area contributed by atoms with E-state index in [1.165, 1.54) is 0 Å². The van der Waals surface area contributed by atoms with Crippen molar-refractivity contribution in [2.45, 2.75) is 0 Å². The smallest absolute Gasteiger partial charge is 0.147 e. The standard InChI is InChI=1S/C18H10O2/c1-3-7-14-11(5-1)12-9-10-16-17(18(12)20-14)13-6-2-4-8-15(13)19-16/h1-10H. The van der Waals surface area contributed by atoms with Gasteiger partial charge in [-0.2, -0.15) is 0 Å². The number of benzene rings is 3. The van der Waals surface area contributed by atoms with Gasteiger partial charge in [-0.3, -0.25) is 0 Å². The molecule has 0 saturated heterocycles. The van der Waals surface area contributed by atoms with Gasteiger partial charge in [0.15, 0.2) is 0 Å². The summed E-state index contributed by atoms with van der Waals surface area (Å²) >= 11 is 0. The molecule has 5 rings (SSSR count). The van der Waals surface area contributed by atoms with E-state index in [4.69, 9.17) is 8.83 Å². The molecule has 0 N–H and O–H groups in total. The van der Waals surface area contributed by atoms with Gasteiger partial charge in [-0.25, -0.2) is 0 Å². The van der Waals surface area contributed by atoms with Crippen LogP contribution in [0.2, 0.25) is 0 Å². The van der Waals surface area contributed by atoms with Gasteiger partial charge in [0.1, 0.15) is 22.3 Å². The molecule has 2 heteroatoms. The van der Waals surface area contributed by atoms with E-state index in [-0.39, 0.29) is 0 Å². The van der Waals surface area contributed by atoms with Crippen LogP contribution in [0.25, 0.3) is 43.9 Å². The van der Waals surface area contributed by atoms with Gasteiger partial charge in [0.2, 0.25) is 0 Å². The van der Waals surface area contributed by atoms with Crippen LogP contribution in [0.5, 0.6) is 0 Å². The molecule has 0 unspecified atom stereocenters. The van der Waals surface area contributed by atoms with Crippen molar-refractivity contribution in [3.63, 3.8) is 0 Å². The first-order valence-corrected chi connectivity index (χ1v) is 6.63. The molecule has 0 amide bonds. The lowest BCUT2D eigenvalue weighted by atomic mass is 10.1. The van der Waals surface area contributed by atoms with Gasteiger partial charge < -0.3 is 8.83 Å². The molecule has 94 valence electrons. The maximum Gasteiger partial charge on any atom is 0.147 e. The molecule has 0 aliphatic carbocycles. The van der Waals surface area contributed by atoms with Gasteiger partial charge in [0.05, 0.1) is 5.39 Å². The third-order valence-electron chi connectivity index (χ3n) is 3.89. The van der Waals surface area contributed by atoms with E-state index in [2.05, 4.69) is 18.2 Å². The highest BCUT2D eigenvalue weighted by Crippen LogP contribution is 2.38. The second kappa shape index (κ2) is 3.42. The number of furan rings is 2. The molecule has 0 saturated carbocycles. The van der Waals surface area contributed by atoms with Crippen LogP contribution in [0.15, 0.2) is 69.5 Å². The Labute approximate surface area is 114 Å². The summed E-state index contributed by atoms with van der Waals surface area (Å²) in [5.41, 5.74) is 3.60. The van der Waals surface area contributed by atoms with Crippen LogP contribution < -0.4 is 0 Å². The predicted octanol–water partition coefficient (Wildman–Crippen LogP) is 5.49. The van der Waals surface area contributed by atoms with E-state index in [0.717, 1.165) is 43.9 Å². The number of para-hydroxylation sites is 2. The fourth-order valence-electron chi connectivity index (χ4n) is 2.99. The van der Waals surface area contributed by atoms with Crippen LogP contribution >= 0.6 is 0 Å². The van der Waals surface area contributed by atoms with Crippen LogP contribution in [0.4, 0.5) is 0 Å². The van der Waals surface area contributed by atoms with Crippen molar-refractivity contribution in [2.24, 2.45) is 0 Å². The van der Waals surface area contributed by atoms with E-state index in [9.17, 15) is 0 Å². The zero-order chi connectivity index (χ0) is 13.1. The monoisotopic (exact) mass is 258 g/mol. The predicted molar refractivity (Wildman–Crippen MR) is 81.0 cm³/mol. The quantitative estimate of drug-likeness (QED) is 0.367. The lowest BCUT2D eigenvalue weighted by molar-refractivity contribution is 0.663. The first-order chi connectivity index (χ1) is 9.92. The summed E-state index contributed by atoms with van der Waals surface area (Å²) in [5, 5.41) is 4.45. The molecule has 0 radical (unpaired) electrons. The minimum Gasteiger partial charge on any atom is -0.456 e. The minimum atomic E-state index is 0.873. The summed E-state index contributed by atoms with van der Waals surface area (Å²) in [6.45, 7) is 0. The summed E-state index contributed by atoms with van der Waals surface area (Å²) in [6.07, 6.45) is 0. The highest BCUT2D eigenvalue weighted by Gasteiger charge is 2.14. The fraction of sp³-hybridized carbons (Fsp3) is 0. The van der Waals surface area contributed by atoms with Gasteiger partial charge in [0.25, 0.3) is 0 Å². The Kier molecular flexibility index (Phi) is 1.73. The van der Waals surface area contributed by atoms with E-state index >= 15 is 0 Å². The molecular weight excluding hydrogens is 248 g/mol. The summed E-state index contributed by atoms with van der Waals surface area (Å²) in [5.74, 6) is 0.